The third-order valence-corrected chi connectivity index (χ3v) is 4.35. The van der Waals surface area contributed by atoms with E-state index in [1.165, 1.54) is 7.11 Å². The summed E-state index contributed by atoms with van der Waals surface area (Å²) in [6.07, 6.45) is 1.45. The van der Waals surface area contributed by atoms with Crippen LogP contribution in [0.15, 0.2) is 24.3 Å². The smallest absolute Gasteiger partial charge is 0.308 e. The highest BCUT2D eigenvalue weighted by molar-refractivity contribution is 6.30. The van der Waals surface area contributed by atoms with Gasteiger partial charge < -0.3 is 10.1 Å². The lowest BCUT2D eigenvalue weighted by Gasteiger charge is -2.34. The molecule has 0 bridgehead atoms. The number of piperidine rings is 1. The number of halogens is 1. The Hall–Kier alpha value is -1.59. The summed E-state index contributed by atoms with van der Waals surface area (Å²) in [7, 11) is 1.41. The fourth-order valence-corrected chi connectivity index (χ4v) is 2.76. The summed E-state index contributed by atoms with van der Waals surface area (Å²) >= 11 is 5.82. The minimum atomic E-state index is -0.241. The quantitative estimate of drug-likeness (QED) is 0.865. The van der Waals surface area contributed by atoms with Crippen LogP contribution < -0.4 is 5.32 Å². The molecule has 1 atom stereocenters. The number of likely N-dealkylation sites (tertiary alicyclic amines) is 1. The number of ether oxygens (including phenoxy) is 1. The lowest BCUT2D eigenvalue weighted by atomic mass is 9.96. The monoisotopic (exact) mass is 324 g/mol. The van der Waals surface area contributed by atoms with E-state index in [2.05, 4.69) is 10.2 Å². The van der Waals surface area contributed by atoms with E-state index in [9.17, 15) is 9.59 Å². The number of rotatable bonds is 4. The first-order valence-electron chi connectivity index (χ1n) is 7.39. The molecule has 0 aliphatic carbocycles. The molecule has 1 saturated heterocycles. The summed E-state index contributed by atoms with van der Waals surface area (Å²) in [5.74, 6) is -0.260. The van der Waals surface area contributed by atoms with Gasteiger partial charge in [-0.2, -0.15) is 0 Å². The molecule has 0 unspecified atom stereocenters. The molecule has 1 aromatic rings. The van der Waals surface area contributed by atoms with Crippen molar-refractivity contribution in [1.82, 2.24) is 4.90 Å². The number of hydrogen-bond donors (Lipinski definition) is 1. The van der Waals surface area contributed by atoms with E-state index in [0.29, 0.717) is 5.02 Å². The van der Waals surface area contributed by atoms with Gasteiger partial charge in [0.15, 0.2) is 0 Å². The Balaban J connectivity index is 1.86. The van der Waals surface area contributed by atoms with Gasteiger partial charge in [-0.25, -0.2) is 0 Å². The third-order valence-electron chi connectivity index (χ3n) is 4.10. The van der Waals surface area contributed by atoms with Crippen LogP contribution >= 0.6 is 11.6 Å². The molecule has 0 radical (unpaired) electrons. The largest absolute Gasteiger partial charge is 0.469 e. The molecular weight excluding hydrogens is 304 g/mol. The maximum absolute atomic E-state index is 12.3. The molecule has 1 N–H and O–H groups in total. The number of anilines is 1. The van der Waals surface area contributed by atoms with Crippen LogP contribution in [0.5, 0.6) is 0 Å². The molecule has 0 spiro atoms. The van der Waals surface area contributed by atoms with Crippen LogP contribution in [0, 0.1) is 5.92 Å². The van der Waals surface area contributed by atoms with Gasteiger partial charge in [0.2, 0.25) is 5.91 Å². The number of amides is 1. The summed E-state index contributed by atoms with van der Waals surface area (Å²) in [5.41, 5.74) is 0.727. The lowest BCUT2D eigenvalue weighted by Crippen LogP contribution is -2.47. The van der Waals surface area contributed by atoms with Crippen LogP contribution in [0.3, 0.4) is 0 Å². The molecule has 0 aromatic heterocycles. The van der Waals surface area contributed by atoms with Crippen molar-refractivity contribution in [2.24, 2.45) is 5.92 Å². The molecule has 1 fully saturated rings. The lowest BCUT2D eigenvalue weighted by molar-refractivity contribution is -0.147. The molecule has 1 aromatic carbocycles. The molecule has 120 valence electrons. The number of methoxy groups -OCH3 is 1. The third kappa shape index (κ3) is 4.21. The number of nitrogens with one attached hydrogen (secondary N) is 1. The molecule has 1 aliphatic rings. The number of nitrogens with zero attached hydrogens (tertiary/aromatic N) is 1. The first kappa shape index (κ1) is 16.8. The van der Waals surface area contributed by atoms with Crippen LogP contribution in [0.1, 0.15) is 19.8 Å². The van der Waals surface area contributed by atoms with Crippen molar-refractivity contribution in [3.8, 4) is 0 Å². The molecule has 1 amide bonds. The van der Waals surface area contributed by atoms with Gasteiger partial charge in [-0.15, -0.1) is 0 Å². The van der Waals surface area contributed by atoms with Crippen molar-refractivity contribution in [3.05, 3.63) is 29.3 Å². The number of benzene rings is 1. The summed E-state index contributed by atoms with van der Waals surface area (Å²) in [6.45, 7) is 3.31. The first-order valence-corrected chi connectivity index (χ1v) is 7.77. The average Bonchev–Trinajstić information content (AvgIpc) is 2.55. The molecule has 2 rings (SSSR count). The highest BCUT2D eigenvalue weighted by atomic mass is 35.5. The predicted molar refractivity (Wildman–Crippen MR) is 85.9 cm³/mol. The Morgan fingerprint density at radius 3 is 2.41 bits per heavy atom. The molecule has 22 heavy (non-hydrogen) atoms. The number of carbonyl (C=O) groups excluding carboxylic acids is 2. The zero-order chi connectivity index (χ0) is 16.1. The van der Waals surface area contributed by atoms with E-state index < -0.39 is 0 Å². The fraction of sp³-hybridized carbons (Fsp3) is 0.500. The van der Waals surface area contributed by atoms with Crippen LogP contribution in [0.25, 0.3) is 0 Å². The second-order valence-corrected chi connectivity index (χ2v) is 5.94. The Morgan fingerprint density at radius 1 is 1.27 bits per heavy atom. The Labute approximate surface area is 135 Å². The Kier molecular flexibility index (Phi) is 5.80. The van der Waals surface area contributed by atoms with Crippen LogP contribution in [-0.4, -0.2) is 43.0 Å². The van der Waals surface area contributed by atoms with Gasteiger partial charge in [0.25, 0.3) is 0 Å². The van der Waals surface area contributed by atoms with Crippen molar-refractivity contribution < 1.29 is 14.3 Å². The van der Waals surface area contributed by atoms with E-state index in [-0.39, 0.29) is 23.8 Å². The SMILES string of the molecule is COC(=O)C1CCN([C@@H](C)C(=O)Nc2ccc(Cl)cc2)CC1. The van der Waals surface area contributed by atoms with E-state index >= 15 is 0 Å². The normalized spacial score (nSPS) is 17.8. The van der Waals surface area contributed by atoms with Crippen LogP contribution in [0.2, 0.25) is 5.02 Å². The zero-order valence-corrected chi connectivity index (χ0v) is 13.6. The summed E-state index contributed by atoms with van der Waals surface area (Å²) < 4.78 is 4.77. The second-order valence-electron chi connectivity index (χ2n) is 5.51. The minimum Gasteiger partial charge on any atom is -0.469 e. The highest BCUT2D eigenvalue weighted by Crippen LogP contribution is 2.21. The molecule has 1 aliphatic heterocycles. The van der Waals surface area contributed by atoms with E-state index in [4.69, 9.17) is 16.3 Å². The number of hydrogen-bond acceptors (Lipinski definition) is 4. The van der Waals surface area contributed by atoms with E-state index in [0.717, 1.165) is 31.6 Å². The van der Waals surface area contributed by atoms with Crippen molar-refractivity contribution in [3.63, 3.8) is 0 Å². The van der Waals surface area contributed by atoms with Gasteiger partial charge in [-0.3, -0.25) is 14.5 Å². The Morgan fingerprint density at radius 2 is 1.86 bits per heavy atom. The predicted octanol–water partition coefficient (Wildman–Crippen LogP) is 2.55. The van der Waals surface area contributed by atoms with Gasteiger partial charge >= 0.3 is 5.97 Å². The molecule has 1 heterocycles. The van der Waals surface area contributed by atoms with Gasteiger partial charge in [-0.1, -0.05) is 11.6 Å². The van der Waals surface area contributed by atoms with Crippen molar-refractivity contribution in [2.75, 3.05) is 25.5 Å². The van der Waals surface area contributed by atoms with E-state index in [1.54, 1.807) is 24.3 Å². The first-order chi connectivity index (χ1) is 10.5. The zero-order valence-electron chi connectivity index (χ0n) is 12.8. The van der Waals surface area contributed by atoms with Crippen molar-refractivity contribution >= 4 is 29.2 Å². The molecule has 0 saturated carbocycles. The maximum Gasteiger partial charge on any atom is 0.308 e. The van der Waals surface area contributed by atoms with Crippen molar-refractivity contribution in [2.45, 2.75) is 25.8 Å². The van der Waals surface area contributed by atoms with Gasteiger partial charge in [-0.05, 0) is 57.1 Å². The van der Waals surface area contributed by atoms with Crippen molar-refractivity contribution in [1.29, 1.82) is 0 Å². The number of carbonyl (C=O) groups is 2. The van der Waals surface area contributed by atoms with Crippen LogP contribution in [-0.2, 0) is 14.3 Å². The van der Waals surface area contributed by atoms with Crippen LogP contribution in [0.4, 0.5) is 5.69 Å². The number of esters is 1. The molecular formula is C16H21ClN2O3. The maximum atomic E-state index is 12.3. The fourth-order valence-electron chi connectivity index (χ4n) is 2.63. The van der Waals surface area contributed by atoms with E-state index in [1.807, 2.05) is 6.92 Å². The topological polar surface area (TPSA) is 58.6 Å². The summed E-state index contributed by atoms with van der Waals surface area (Å²) in [5, 5.41) is 3.52. The molecule has 5 nitrogen and oxygen atoms in total. The second kappa shape index (κ2) is 7.61. The minimum absolute atomic E-state index is 0.0484. The van der Waals surface area contributed by atoms with Gasteiger partial charge in [0.1, 0.15) is 0 Å². The highest BCUT2D eigenvalue weighted by Gasteiger charge is 2.30. The average molecular weight is 325 g/mol. The Bertz CT molecular complexity index is 525. The standard InChI is InChI=1S/C16H21ClN2O3/c1-11(15(20)18-14-5-3-13(17)4-6-14)19-9-7-12(8-10-19)16(21)22-2/h3-6,11-12H,7-10H2,1-2H3,(H,18,20)/t11-/m0/s1. The summed E-state index contributed by atoms with van der Waals surface area (Å²) in [6, 6.07) is 6.79. The van der Waals surface area contributed by atoms with Gasteiger partial charge in [0, 0.05) is 10.7 Å². The molecule has 6 heteroatoms. The van der Waals surface area contributed by atoms with Gasteiger partial charge in [0.05, 0.1) is 19.1 Å². The summed E-state index contributed by atoms with van der Waals surface area (Å²) in [4.78, 5) is 25.9.